The van der Waals surface area contributed by atoms with Gasteiger partial charge in [0.2, 0.25) is 0 Å². The van der Waals surface area contributed by atoms with E-state index in [1.807, 2.05) is 42.5 Å². The molecule has 0 unspecified atom stereocenters. The molecule has 0 saturated carbocycles. The highest BCUT2D eigenvalue weighted by atomic mass is 35.5. The first-order chi connectivity index (χ1) is 10.3. The van der Waals surface area contributed by atoms with Gasteiger partial charge in [-0.1, -0.05) is 36.7 Å². The van der Waals surface area contributed by atoms with Crippen LogP contribution < -0.4 is 15.2 Å². The second-order valence-electron chi connectivity index (χ2n) is 4.65. The molecule has 0 aliphatic carbocycles. The zero-order valence-electron chi connectivity index (χ0n) is 12.1. The van der Waals surface area contributed by atoms with E-state index in [2.05, 4.69) is 6.92 Å². The quantitative estimate of drug-likeness (QED) is 0.823. The minimum absolute atomic E-state index is 0.522. The second-order valence-corrected chi connectivity index (χ2v) is 5.06. The van der Waals surface area contributed by atoms with Crippen LogP contribution in [-0.2, 0) is 6.42 Å². The van der Waals surface area contributed by atoms with Crippen molar-refractivity contribution in [2.24, 2.45) is 5.73 Å². The van der Waals surface area contributed by atoms with E-state index in [0.29, 0.717) is 30.3 Å². The SMILES string of the molecule is CCCOc1ccccc1Oc1cccc(Cl)c1CCN. The molecule has 2 rings (SSSR count). The Labute approximate surface area is 130 Å². The van der Waals surface area contributed by atoms with Crippen molar-refractivity contribution in [1.82, 2.24) is 0 Å². The lowest BCUT2D eigenvalue weighted by molar-refractivity contribution is 0.302. The summed E-state index contributed by atoms with van der Waals surface area (Å²) in [7, 11) is 0. The van der Waals surface area contributed by atoms with Crippen molar-refractivity contribution in [2.75, 3.05) is 13.2 Å². The van der Waals surface area contributed by atoms with Gasteiger partial charge in [0.1, 0.15) is 5.75 Å². The summed E-state index contributed by atoms with van der Waals surface area (Å²) in [4.78, 5) is 0. The molecule has 3 nitrogen and oxygen atoms in total. The smallest absolute Gasteiger partial charge is 0.169 e. The Morgan fingerprint density at radius 3 is 2.43 bits per heavy atom. The third-order valence-electron chi connectivity index (χ3n) is 3.00. The van der Waals surface area contributed by atoms with Crippen molar-refractivity contribution < 1.29 is 9.47 Å². The molecule has 0 bridgehead atoms. The van der Waals surface area contributed by atoms with Gasteiger partial charge < -0.3 is 15.2 Å². The summed E-state index contributed by atoms with van der Waals surface area (Å²) >= 11 is 6.23. The molecule has 112 valence electrons. The van der Waals surface area contributed by atoms with Gasteiger partial charge in [-0.25, -0.2) is 0 Å². The van der Waals surface area contributed by atoms with Crippen LogP contribution >= 0.6 is 11.6 Å². The summed E-state index contributed by atoms with van der Waals surface area (Å²) in [5, 5.41) is 0.671. The Morgan fingerprint density at radius 2 is 1.71 bits per heavy atom. The molecule has 0 spiro atoms. The highest BCUT2D eigenvalue weighted by Crippen LogP contribution is 2.35. The fourth-order valence-electron chi connectivity index (χ4n) is 2.01. The maximum atomic E-state index is 6.23. The average Bonchev–Trinajstić information content (AvgIpc) is 2.50. The van der Waals surface area contributed by atoms with Gasteiger partial charge in [-0.15, -0.1) is 0 Å². The van der Waals surface area contributed by atoms with Gasteiger partial charge in [0.05, 0.1) is 6.61 Å². The van der Waals surface area contributed by atoms with Gasteiger partial charge in [-0.05, 0) is 43.7 Å². The van der Waals surface area contributed by atoms with Crippen LogP contribution in [-0.4, -0.2) is 13.2 Å². The third-order valence-corrected chi connectivity index (χ3v) is 3.36. The number of rotatable bonds is 7. The third kappa shape index (κ3) is 4.13. The molecule has 0 amide bonds. The Balaban J connectivity index is 2.28. The number of nitrogens with two attached hydrogens (primary N) is 1. The van der Waals surface area contributed by atoms with Crippen LogP contribution in [0.2, 0.25) is 5.02 Å². The van der Waals surface area contributed by atoms with Crippen LogP contribution in [0.15, 0.2) is 42.5 Å². The monoisotopic (exact) mass is 305 g/mol. The van der Waals surface area contributed by atoms with E-state index in [1.54, 1.807) is 0 Å². The summed E-state index contributed by atoms with van der Waals surface area (Å²) in [6.07, 6.45) is 1.62. The van der Waals surface area contributed by atoms with Crippen molar-refractivity contribution in [3.05, 3.63) is 53.1 Å². The highest BCUT2D eigenvalue weighted by Gasteiger charge is 2.11. The van der Waals surface area contributed by atoms with Gasteiger partial charge in [0.15, 0.2) is 11.5 Å². The zero-order chi connectivity index (χ0) is 15.1. The molecule has 0 radical (unpaired) electrons. The predicted molar refractivity (Wildman–Crippen MR) is 86.5 cm³/mol. The zero-order valence-corrected chi connectivity index (χ0v) is 12.9. The van der Waals surface area contributed by atoms with Crippen LogP contribution in [0.25, 0.3) is 0 Å². The minimum Gasteiger partial charge on any atom is -0.490 e. The lowest BCUT2D eigenvalue weighted by atomic mass is 10.1. The summed E-state index contributed by atoms with van der Waals surface area (Å²) in [6.45, 7) is 3.25. The normalized spacial score (nSPS) is 10.4. The number of para-hydroxylation sites is 2. The van der Waals surface area contributed by atoms with Crippen LogP contribution in [0.4, 0.5) is 0 Å². The van der Waals surface area contributed by atoms with Crippen LogP contribution in [0.5, 0.6) is 17.2 Å². The molecule has 2 N–H and O–H groups in total. The molecule has 0 aliphatic heterocycles. The fraction of sp³-hybridized carbons (Fsp3) is 0.294. The Kier molecular flexibility index (Phi) is 5.90. The van der Waals surface area contributed by atoms with Gasteiger partial charge in [0.25, 0.3) is 0 Å². The van der Waals surface area contributed by atoms with Crippen molar-refractivity contribution in [3.8, 4) is 17.2 Å². The van der Waals surface area contributed by atoms with Gasteiger partial charge >= 0.3 is 0 Å². The Hall–Kier alpha value is -1.71. The van der Waals surface area contributed by atoms with E-state index < -0.39 is 0 Å². The fourth-order valence-corrected chi connectivity index (χ4v) is 2.27. The maximum Gasteiger partial charge on any atom is 0.169 e. The lowest BCUT2D eigenvalue weighted by Crippen LogP contribution is -2.05. The van der Waals surface area contributed by atoms with E-state index in [4.69, 9.17) is 26.8 Å². The molecule has 0 saturated heterocycles. The van der Waals surface area contributed by atoms with E-state index in [9.17, 15) is 0 Å². The second kappa shape index (κ2) is 7.91. The molecule has 21 heavy (non-hydrogen) atoms. The summed E-state index contributed by atoms with van der Waals surface area (Å²) < 4.78 is 11.7. The molecular formula is C17H20ClNO2. The first kappa shape index (κ1) is 15.7. The van der Waals surface area contributed by atoms with Crippen LogP contribution in [0, 0.1) is 0 Å². The summed E-state index contributed by atoms with van der Waals surface area (Å²) in [6, 6.07) is 13.2. The Morgan fingerprint density at radius 1 is 1.00 bits per heavy atom. The van der Waals surface area contributed by atoms with Gasteiger partial charge in [-0.2, -0.15) is 0 Å². The van der Waals surface area contributed by atoms with E-state index in [-0.39, 0.29) is 0 Å². The minimum atomic E-state index is 0.522. The Bertz CT molecular complexity index is 587. The molecular weight excluding hydrogens is 286 g/mol. The standard InChI is InChI=1S/C17H20ClNO2/c1-2-12-20-16-7-3-4-8-17(16)21-15-9-5-6-14(18)13(15)10-11-19/h3-9H,2,10-12,19H2,1H3. The first-order valence-electron chi connectivity index (χ1n) is 7.13. The number of halogens is 1. The number of hydrogen-bond acceptors (Lipinski definition) is 3. The van der Waals surface area contributed by atoms with E-state index in [0.717, 1.165) is 23.5 Å². The number of benzene rings is 2. The molecule has 0 atom stereocenters. The highest BCUT2D eigenvalue weighted by molar-refractivity contribution is 6.31. The van der Waals surface area contributed by atoms with E-state index in [1.165, 1.54) is 0 Å². The maximum absolute atomic E-state index is 6.23. The van der Waals surface area contributed by atoms with Crippen molar-refractivity contribution in [2.45, 2.75) is 19.8 Å². The number of hydrogen-bond donors (Lipinski definition) is 1. The molecule has 2 aromatic carbocycles. The van der Waals surface area contributed by atoms with Gasteiger partial charge in [0, 0.05) is 10.6 Å². The molecule has 2 aromatic rings. The van der Waals surface area contributed by atoms with Crippen molar-refractivity contribution in [3.63, 3.8) is 0 Å². The molecule has 0 aromatic heterocycles. The van der Waals surface area contributed by atoms with E-state index >= 15 is 0 Å². The molecule has 0 aliphatic rings. The summed E-state index contributed by atoms with van der Waals surface area (Å²) in [5.41, 5.74) is 6.57. The predicted octanol–water partition coefficient (Wildman–Crippen LogP) is 4.42. The molecule has 4 heteroatoms. The topological polar surface area (TPSA) is 44.5 Å². The van der Waals surface area contributed by atoms with Crippen molar-refractivity contribution in [1.29, 1.82) is 0 Å². The number of ether oxygens (including phenoxy) is 2. The molecule has 0 fully saturated rings. The van der Waals surface area contributed by atoms with Crippen LogP contribution in [0.1, 0.15) is 18.9 Å². The largest absolute Gasteiger partial charge is 0.490 e. The lowest BCUT2D eigenvalue weighted by Gasteiger charge is -2.15. The average molecular weight is 306 g/mol. The van der Waals surface area contributed by atoms with Gasteiger partial charge in [-0.3, -0.25) is 0 Å². The first-order valence-corrected chi connectivity index (χ1v) is 7.51. The molecule has 0 heterocycles. The van der Waals surface area contributed by atoms with Crippen molar-refractivity contribution >= 4 is 11.6 Å². The van der Waals surface area contributed by atoms with Crippen LogP contribution in [0.3, 0.4) is 0 Å². The summed E-state index contributed by atoms with van der Waals surface area (Å²) in [5.74, 6) is 2.14.